The minimum absolute atomic E-state index is 0.0690. The highest BCUT2D eigenvalue weighted by atomic mass is 16.3. The van der Waals surface area contributed by atoms with Gasteiger partial charge in [0, 0.05) is 18.2 Å². The molecule has 0 bridgehead atoms. The third kappa shape index (κ3) is 3.98. The van der Waals surface area contributed by atoms with Crippen LogP contribution in [-0.4, -0.2) is 24.4 Å². The molecule has 1 aromatic carbocycles. The number of carbonyl (C=O) groups excluding carboxylic acids is 1. The summed E-state index contributed by atoms with van der Waals surface area (Å²) in [5.74, 6) is 7.24. The SMILES string of the molecule is Cc1ccc(CN(C)C(=O)c2cccc(C#CCN)c2)o1. The van der Waals surface area contributed by atoms with Gasteiger partial charge in [0.15, 0.2) is 0 Å². The fourth-order valence-electron chi connectivity index (χ4n) is 1.98. The molecule has 4 heteroatoms. The molecule has 21 heavy (non-hydrogen) atoms. The maximum Gasteiger partial charge on any atom is 0.254 e. The van der Waals surface area contributed by atoms with E-state index >= 15 is 0 Å². The molecule has 2 rings (SSSR count). The van der Waals surface area contributed by atoms with E-state index in [1.54, 1.807) is 24.1 Å². The summed E-state index contributed by atoms with van der Waals surface area (Å²) in [6, 6.07) is 11.0. The predicted octanol–water partition coefficient (Wildman–Crippen LogP) is 2.17. The molecule has 0 aliphatic heterocycles. The summed E-state index contributed by atoms with van der Waals surface area (Å²) in [6.07, 6.45) is 0. The van der Waals surface area contributed by atoms with Crippen LogP contribution in [0.3, 0.4) is 0 Å². The van der Waals surface area contributed by atoms with Crippen LogP contribution in [0.4, 0.5) is 0 Å². The van der Waals surface area contributed by atoms with Gasteiger partial charge in [0.25, 0.3) is 5.91 Å². The first-order chi connectivity index (χ1) is 10.1. The molecular weight excluding hydrogens is 264 g/mol. The van der Waals surface area contributed by atoms with Crippen LogP contribution in [0.25, 0.3) is 0 Å². The van der Waals surface area contributed by atoms with Gasteiger partial charge in [0.1, 0.15) is 11.5 Å². The lowest BCUT2D eigenvalue weighted by Gasteiger charge is -2.15. The molecule has 0 saturated heterocycles. The molecule has 4 nitrogen and oxygen atoms in total. The van der Waals surface area contributed by atoms with E-state index in [0.717, 1.165) is 17.1 Å². The van der Waals surface area contributed by atoms with Gasteiger partial charge >= 0.3 is 0 Å². The van der Waals surface area contributed by atoms with Crippen molar-refractivity contribution >= 4 is 5.91 Å². The van der Waals surface area contributed by atoms with Gasteiger partial charge < -0.3 is 15.1 Å². The Morgan fingerprint density at radius 2 is 2.14 bits per heavy atom. The standard InChI is InChI=1S/C17H18N2O2/c1-13-8-9-16(21-13)12-19(2)17(20)15-7-3-5-14(11-15)6-4-10-18/h3,5,7-9,11H,10,12,18H2,1-2H3. The highest BCUT2D eigenvalue weighted by Gasteiger charge is 2.13. The Balaban J connectivity index is 2.11. The molecule has 0 fully saturated rings. The van der Waals surface area contributed by atoms with Gasteiger partial charge in [0.2, 0.25) is 0 Å². The number of rotatable bonds is 3. The summed E-state index contributed by atoms with van der Waals surface area (Å²) in [7, 11) is 1.75. The Hall–Kier alpha value is -2.51. The van der Waals surface area contributed by atoms with Crippen molar-refractivity contribution in [1.82, 2.24) is 4.90 Å². The van der Waals surface area contributed by atoms with Crippen molar-refractivity contribution in [2.75, 3.05) is 13.6 Å². The van der Waals surface area contributed by atoms with Crippen LogP contribution in [0, 0.1) is 18.8 Å². The lowest BCUT2D eigenvalue weighted by atomic mass is 10.1. The molecule has 108 valence electrons. The highest BCUT2D eigenvalue weighted by molar-refractivity contribution is 5.94. The van der Waals surface area contributed by atoms with Crippen molar-refractivity contribution in [2.24, 2.45) is 5.73 Å². The number of nitrogens with two attached hydrogens (primary N) is 1. The molecule has 0 aliphatic rings. The fourth-order valence-corrected chi connectivity index (χ4v) is 1.98. The molecule has 0 spiro atoms. The minimum Gasteiger partial charge on any atom is -0.464 e. The monoisotopic (exact) mass is 282 g/mol. The molecule has 0 unspecified atom stereocenters. The van der Waals surface area contributed by atoms with Crippen LogP contribution < -0.4 is 5.73 Å². The first-order valence-corrected chi connectivity index (χ1v) is 6.70. The number of hydrogen-bond acceptors (Lipinski definition) is 3. The summed E-state index contributed by atoms with van der Waals surface area (Å²) < 4.78 is 5.49. The summed E-state index contributed by atoms with van der Waals surface area (Å²) in [6.45, 7) is 2.62. The number of hydrogen-bond donors (Lipinski definition) is 1. The number of furan rings is 1. The van der Waals surface area contributed by atoms with Gasteiger partial charge in [-0.2, -0.15) is 0 Å². The zero-order chi connectivity index (χ0) is 15.2. The molecule has 0 atom stereocenters. The zero-order valence-electron chi connectivity index (χ0n) is 12.2. The van der Waals surface area contributed by atoms with Crippen molar-refractivity contribution in [3.05, 3.63) is 59.0 Å². The van der Waals surface area contributed by atoms with Gasteiger partial charge in [-0.05, 0) is 37.3 Å². The van der Waals surface area contributed by atoms with Crippen molar-refractivity contribution in [2.45, 2.75) is 13.5 Å². The first-order valence-electron chi connectivity index (χ1n) is 6.70. The largest absolute Gasteiger partial charge is 0.464 e. The van der Waals surface area contributed by atoms with Crippen molar-refractivity contribution in [1.29, 1.82) is 0 Å². The molecule has 0 aliphatic carbocycles. The van der Waals surface area contributed by atoms with Crippen LogP contribution in [0.15, 0.2) is 40.8 Å². The molecule has 0 radical (unpaired) electrons. The second kappa shape index (κ2) is 6.78. The van der Waals surface area contributed by atoms with Gasteiger partial charge in [-0.3, -0.25) is 4.79 Å². The summed E-state index contributed by atoms with van der Waals surface area (Å²) in [5.41, 5.74) is 6.74. The van der Waals surface area contributed by atoms with E-state index in [1.165, 1.54) is 0 Å². The van der Waals surface area contributed by atoms with Crippen molar-refractivity contribution < 1.29 is 9.21 Å². The Kier molecular flexibility index (Phi) is 4.81. The zero-order valence-corrected chi connectivity index (χ0v) is 12.2. The third-order valence-electron chi connectivity index (χ3n) is 2.98. The fraction of sp³-hybridized carbons (Fsp3) is 0.235. The Morgan fingerprint density at radius 1 is 1.33 bits per heavy atom. The van der Waals surface area contributed by atoms with Gasteiger partial charge in [-0.25, -0.2) is 0 Å². The average molecular weight is 282 g/mol. The molecule has 1 amide bonds. The Morgan fingerprint density at radius 3 is 2.81 bits per heavy atom. The molecule has 0 saturated carbocycles. The van der Waals surface area contributed by atoms with Crippen LogP contribution in [0.2, 0.25) is 0 Å². The second-order valence-electron chi connectivity index (χ2n) is 4.76. The van der Waals surface area contributed by atoms with E-state index in [4.69, 9.17) is 10.2 Å². The third-order valence-corrected chi connectivity index (χ3v) is 2.98. The number of nitrogens with zero attached hydrogens (tertiary/aromatic N) is 1. The van der Waals surface area contributed by atoms with E-state index in [9.17, 15) is 4.79 Å². The lowest BCUT2D eigenvalue weighted by molar-refractivity contribution is 0.0775. The van der Waals surface area contributed by atoms with E-state index in [1.807, 2.05) is 31.2 Å². The summed E-state index contributed by atoms with van der Waals surface area (Å²) in [5, 5.41) is 0. The topological polar surface area (TPSA) is 59.5 Å². The molecule has 1 heterocycles. The summed E-state index contributed by atoms with van der Waals surface area (Å²) >= 11 is 0. The van der Waals surface area contributed by atoms with Gasteiger partial charge in [0.05, 0.1) is 13.1 Å². The van der Waals surface area contributed by atoms with E-state index in [0.29, 0.717) is 18.7 Å². The summed E-state index contributed by atoms with van der Waals surface area (Å²) in [4.78, 5) is 14.0. The van der Waals surface area contributed by atoms with Crippen LogP contribution in [0.5, 0.6) is 0 Å². The van der Waals surface area contributed by atoms with Crippen molar-refractivity contribution in [3.63, 3.8) is 0 Å². The second-order valence-corrected chi connectivity index (χ2v) is 4.76. The minimum atomic E-state index is -0.0690. The lowest BCUT2D eigenvalue weighted by Crippen LogP contribution is -2.26. The quantitative estimate of drug-likeness (QED) is 0.878. The number of amides is 1. The van der Waals surface area contributed by atoms with Crippen LogP contribution in [-0.2, 0) is 6.54 Å². The number of carbonyl (C=O) groups is 1. The highest BCUT2D eigenvalue weighted by Crippen LogP contribution is 2.12. The maximum atomic E-state index is 12.4. The van der Waals surface area contributed by atoms with E-state index in [2.05, 4.69) is 11.8 Å². The number of benzene rings is 1. The normalized spacial score (nSPS) is 9.86. The maximum absolute atomic E-state index is 12.4. The average Bonchev–Trinajstić information content (AvgIpc) is 2.89. The first kappa shape index (κ1) is 14.9. The van der Waals surface area contributed by atoms with E-state index in [-0.39, 0.29) is 5.91 Å². The van der Waals surface area contributed by atoms with E-state index < -0.39 is 0 Å². The number of aryl methyl sites for hydroxylation is 1. The Labute approximate surface area is 124 Å². The van der Waals surface area contributed by atoms with Gasteiger partial charge in [-0.15, -0.1) is 0 Å². The van der Waals surface area contributed by atoms with Gasteiger partial charge in [-0.1, -0.05) is 17.9 Å². The van der Waals surface area contributed by atoms with Crippen molar-refractivity contribution in [3.8, 4) is 11.8 Å². The predicted molar refractivity (Wildman–Crippen MR) is 81.6 cm³/mol. The molecular formula is C17H18N2O2. The smallest absolute Gasteiger partial charge is 0.254 e. The Bertz CT molecular complexity index is 692. The molecule has 2 aromatic rings. The molecule has 2 N–H and O–H groups in total. The van der Waals surface area contributed by atoms with Crippen LogP contribution in [0.1, 0.15) is 27.4 Å². The molecule has 1 aromatic heterocycles. The van der Waals surface area contributed by atoms with Crippen LogP contribution >= 0.6 is 0 Å².